The van der Waals surface area contributed by atoms with Crippen molar-refractivity contribution in [1.29, 1.82) is 0 Å². The minimum atomic E-state index is -0.0622. The molecule has 0 aliphatic rings. The van der Waals surface area contributed by atoms with Gasteiger partial charge in [0.05, 0.1) is 0 Å². The SMILES string of the molecule is CC(C)(C)c1cc2c3cccc4c5cc(C(C)(C)C)cc6c7cc(C(C)(C)C)cc8c9cc(-c%10cccnc%10)cc%10c%11cc(C(C)(C)C)cc%12c(c1)c2c1c(c34)c(c56)c(c87)c(c%109)c1c%11%12. The van der Waals surface area contributed by atoms with E-state index in [1.54, 1.807) is 0 Å². The summed E-state index contributed by atoms with van der Waals surface area (Å²) >= 11 is 0. The lowest BCUT2D eigenvalue weighted by Crippen LogP contribution is -2.13. The normalized spacial score (nSPS) is 14.2. The number of fused-ring (bicyclic) bond motifs is 6. The van der Waals surface area contributed by atoms with Gasteiger partial charge in [-0.3, -0.25) is 4.98 Å². The predicted molar refractivity (Wildman–Crippen MR) is 282 cm³/mol. The van der Waals surface area contributed by atoms with Crippen LogP contribution in [-0.4, -0.2) is 4.98 Å². The molecule has 0 unspecified atom stereocenters. The third-order valence-corrected chi connectivity index (χ3v) is 16.0. The molecule has 1 heterocycles. The highest BCUT2D eigenvalue weighted by atomic mass is 14.6. The molecule has 64 heavy (non-hydrogen) atoms. The Labute approximate surface area is 374 Å². The topological polar surface area (TPSA) is 12.9 Å². The predicted octanol–water partition coefficient (Wildman–Crippen LogP) is 18.4. The van der Waals surface area contributed by atoms with Gasteiger partial charge >= 0.3 is 0 Å². The highest BCUT2D eigenvalue weighted by Crippen LogP contribution is 2.61. The Bertz CT molecular complexity index is 4040. The maximum absolute atomic E-state index is 4.68. The first-order valence-electron chi connectivity index (χ1n) is 23.5. The van der Waals surface area contributed by atoms with Crippen LogP contribution in [0.5, 0.6) is 0 Å². The fourth-order valence-corrected chi connectivity index (χ4v) is 12.6. The van der Waals surface area contributed by atoms with Crippen LogP contribution >= 0.6 is 0 Å². The van der Waals surface area contributed by atoms with E-state index in [-0.39, 0.29) is 21.7 Å². The Morgan fingerprint density at radius 3 is 0.797 bits per heavy atom. The fourth-order valence-electron chi connectivity index (χ4n) is 12.6. The summed E-state index contributed by atoms with van der Waals surface area (Å²) in [6, 6.07) is 37.3. The lowest BCUT2D eigenvalue weighted by atomic mass is 9.70. The maximum Gasteiger partial charge on any atom is 0.0346 e. The summed E-state index contributed by atoms with van der Waals surface area (Å²) in [6.07, 6.45) is 3.95. The average Bonchev–Trinajstić information content (AvgIpc) is 3.25. The Kier molecular flexibility index (Phi) is 6.45. The van der Waals surface area contributed by atoms with Gasteiger partial charge in [0.1, 0.15) is 0 Å². The number of nitrogens with zero attached hydrogens (tertiary/aromatic N) is 1. The number of hydrogen-bond acceptors (Lipinski definition) is 1. The molecule has 0 aliphatic heterocycles. The van der Waals surface area contributed by atoms with Crippen LogP contribution in [0.2, 0.25) is 0 Å². The first-order chi connectivity index (χ1) is 30.3. The first kappa shape index (κ1) is 37.1. The summed E-state index contributed by atoms with van der Waals surface area (Å²) in [6.45, 7) is 28.7. The molecule has 1 heteroatoms. The van der Waals surface area contributed by atoms with Crippen molar-refractivity contribution < 1.29 is 0 Å². The van der Waals surface area contributed by atoms with Crippen molar-refractivity contribution in [3.8, 4) is 11.1 Å². The monoisotopic (exact) mass is 823 g/mol. The van der Waals surface area contributed by atoms with E-state index in [0.717, 1.165) is 5.56 Å². The van der Waals surface area contributed by atoms with Crippen LogP contribution < -0.4 is 0 Å². The van der Waals surface area contributed by atoms with E-state index < -0.39 is 0 Å². The molecule has 1 nitrogen and oxygen atoms in total. The lowest BCUT2D eigenvalue weighted by Gasteiger charge is -2.32. The first-order valence-corrected chi connectivity index (χ1v) is 23.5. The van der Waals surface area contributed by atoms with Crippen molar-refractivity contribution in [2.75, 3.05) is 0 Å². The Morgan fingerprint density at radius 1 is 0.266 bits per heavy atom. The summed E-state index contributed by atoms with van der Waals surface area (Å²) in [4.78, 5) is 4.68. The highest BCUT2D eigenvalue weighted by Gasteiger charge is 2.34. The molecule has 14 aromatic rings. The van der Waals surface area contributed by atoms with Gasteiger partial charge in [-0.1, -0.05) is 107 Å². The zero-order chi connectivity index (χ0) is 44.0. The third-order valence-electron chi connectivity index (χ3n) is 16.0. The van der Waals surface area contributed by atoms with Gasteiger partial charge in [0, 0.05) is 18.0 Å². The summed E-state index contributed by atoms with van der Waals surface area (Å²) in [5.41, 5.74) is 7.70. The quantitative estimate of drug-likeness (QED) is 0.119. The zero-order valence-corrected chi connectivity index (χ0v) is 39.3. The van der Waals surface area contributed by atoms with Gasteiger partial charge in [-0.05, 0) is 245 Å². The number of hydrogen-bond donors (Lipinski definition) is 0. The molecule has 0 saturated carbocycles. The molecule has 0 fully saturated rings. The van der Waals surface area contributed by atoms with Gasteiger partial charge in [0.15, 0.2) is 0 Å². The van der Waals surface area contributed by atoms with Crippen LogP contribution in [0.25, 0.3) is 140 Å². The van der Waals surface area contributed by atoms with E-state index in [0.29, 0.717) is 0 Å². The third kappa shape index (κ3) is 4.35. The molecule has 0 atom stereocenters. The molecule has 0 amide bonds. The van der Waals surface area contributed by atoms with E-state index in [1.807, 2.05) is 6.20 Å². The molecule has 0 spiro atoms. The largest absolute Gasteiger partial charge is 0.264 e. The summed E-state index contributed by atoms with van der Waals surface area (Å²) in [5, 5.41) is 33.8. The van der Waals surface area contributed by atoms with Crippen molar-refractivity contribution >= 4 is 129 Å². The minimum absolute atomic E-state index is 0.0419. The van der Waals surface area contributed by atoms with Crippen molar-refractivity contribution in [3.63, 3.8) is 0 Å². The van der Waals surface area contributed by atoms with Gasteiger partial charge in [-0.2, -0.15) is 0 Å². The second kappa shape index (κ2) is 11.1. The van der Waals surface area contributed by atoms with E-state index in [1.165, 1.54) is 157 Å². The second-order valence-electron chi connectivity index (χ2n) is 24.0. The molecular formula is C63H53N. The van der Waals surface area contributed by atoms with Gasteiger partial charge in [0.2, 0.25) is 0 Å². The smallest absolute Gasteiger partial charge is 0.0346 e. The van der Waals surface area contributed by atoms with Crippen LogP contribution in [0.3, 0.4) is 0 Å². The standard InChI is InChI=1S/C63H53N/c1-60(2,3)32-21-40-36-16-13-17-37-41-22-33(61(4,5)6)26-45-47-28-35(63(10,11)12)24-43-39-20-31(30-15-14-18-64-29-30)19-38-42-23-34(62(7,8)9)27-46-44(25-32)50(40)56-54(48(36)37)57(51(41)45)59(53(43)47)55(49(38)39)58(56)52(42)46/h13-29H,1-12H3. The van der Waals surface area contributed by atoms with Crippen LogP contribution in [-0.2, 0) is 21.7 Å². The number of rotatable bonds is 1. The Hall–Kier alpha value is -6.31. The van der Waals surface area contributed by atoms with Crippen molar-refractivity contribution in [2.24, 2.45) is 0 Å². The molecule has 0 aliphatic carbocycles. The molecule has 310 valence electrons. The number of pyridine rings is 1. The van der Waals surface area contributed by atoms with Crippen molar-refractivity contribution in [3.05, 3.63) is 126 Å². The molecule has 0 saturated heterocycles. The Morgan fingerprint density at radius 2 is 0.531 bits per heavy atom. The van der Waals surface area contributed by atoms with E-state index in [2.05, 4.69) is 185 Å². The summed E-state index contributed by atoms with van der Waals surface area (Å²) in [7, 11) is 0. The molecule has 1 aromatic heterocycles. The molecular weight excluding hydrogens is 771 g/mol. The zero-order valence-electron chi connectivity index (χ0n) is 39.3. The van der Waals surface area contributed by atoms with Crippen LogP contribution in [0.1, 0.15) is 105 Å². The maximum atomic E-state index is 4.68. The summed E-state index contributed by atoms with van der Waals surface area (Å²) < 4.78 is 0. The fraction of sp³-hybridized carbons (Fsp3) is 0.254. The second-order valence-corrected chi connectivity index (χ2v) is 24.0. The number of aromatic nitrogens is 1. The minimum Gasteiger partial charge on any atom is -0.264 e. The van der Waals surface area contributed by atoms with E-state index in [9.17, 15) is 0 Å². The molecule has 13 aromatic carbocycles. The van der Waals surface area contributed by atoms with Gasteiger partial charge < -0.3 is 0 Å². The Balaban J connectivity index is 1.43. The van der Waals surface area contributed by atoms with E-state index >= 15 is 0 Å². The molecule has 14 rings (SSSR count). The molecule has 0 N–H and O–H groups in total. The van der Waals surface area contributed by atoms with Gasteiger partial charge in [0.25, 0.3) is 0 Å². The van der Waals surface area contributed by atoms with Gasteiger partial charge in [-0.25, -0.2) is 0 Å². The summed E-state index contributed by atoms with van der Waals surface area (Å²) in [5.74, 6) is 0. The highest BCUT2D eigenvalue weighted by molar-refractivity contribution is 6.61. The van der Waals surface area contributed by atoms with Crippen molar-refractivity contribution in [2.45, 2.75) is 105 Å². The molecule has 0 bridgehead atoms. The van der Waals surface area contributed by atoms with Crippen LogP contribution in [0, 0.1) is 0 Å². The van der Waals surface area contributed by atoms with E-state index in [4.69, 9.17) is 0 Å². The molecule has 0 radical (unpaired) electrons. The van der Waals surface area contributed by atoms with Crippen LogP contribution in [0.15, 0.2) is 103 Å². The lowest BCUT2D eigenvalue weighted by molar-refractivity contribution is 0.591. The average molecular weight is 824 g/mol. The van der Waals surface area contributed by atoms with Gasteiger partial charge in [-0.15, -0.1) is 0 Å². The number of benzene rings is 13. The van der Waals surface area contributed by atoms with Crippen molar-refractivity contribution in [1.82, 2.24) is 4.98 Å². The van der Waals surface area contributed by atoms with Crippen LogP contribution in [0.4, 0.5) is 0 Å².